The largest absolute Gasteiger partial charge is 0.380 e. The average molecular weight is 432 g/mol. The van der Waals surface area contributed by atoms with Gasteiger partial charge in [0.2, 0.25) is 5.91 Å². The minimum Gasteiger partial charge on any atom is -0.380 e. The molecule has 1 aromatic carbocycles. The molecule has 0 atom stereocenters. The van der Waals surface area contributed by atoms with E-state index >= 15 is 0 Å². The summed E-state index contributed by atoms with van der Waals surface area (Å²) in [6, 6.07) is 7.71. The number of nitrogens with two attached hydrogens (primary N) is 1. The Balaban J connectivity index is 0.00000264. The van der Waals surface area contributed by atoms with E-state index in [2.05, 4.69) is 10.3 Å². The van der Waals surface area contributed by atoms with Crippen molar-refractivity contribution in [3.8, 4) is 0 Å². The second-order valence-electron chi connectivity index (χ2n) is 5.36. The van der Waals surface area contributed by atoms with E-state index in [4.69, 9.17) is 10.5 Å². The van der Waals surface area contributed by atoms with Crippen LogP contribution in [-0.4, -0.2) is 43.5 Å². The number of piperidine rings is 1. The topological polar surface area (TPSA) is 80.0 Å². The highest BCUT2D eigenvalue weighted by atomic mass is 127. The monoisotopic (exact) mass is 432 g/mol. The molecule has 0 spiro atoms. The third kappa shape index (κ3) is 6.34. The van der Waals surface area contributed by atoms with E-state index in [9.17, 15) is 4.79 Å². The fourth-order valence-corrected chi connectivity index (χ4v) is 2.50. The summed E-state index contributed by atoms with van der Waals surface area (Å²) < 4.78 is 5.15. The van der Waals surface area contributed by atoms with Gasteiger partial charge in [0.05, 0.1) is 6.61 Å². The molecule has 3 N–H and O–H groups in total. The first-order chi connectivity index (χ1) is 10.7. The summed E-state index contributed by atoms with van der Waals surface area (Å²) in [6.45, 7) is 2.24. The van der Waals surface area contributed by atoms with Gasteiger partial charge in [0, 0.05) is 31.5 Å². The molecule has 1 amide bonds. The van der Waals surface area contributed by atoms with Gasteiger partial charge < -0.3 is 20.7 Å². The second-order valence-corrected chi connectivity index (χ2v) is 5.36. The number of para-hydroxylation sites is 1. The molecule has 0 aromatic heterocycles. The van der Waals surface area contributed by atoms with Crippen LogP contribution in [-0.2, 0) is 16.1 Å². The highest BCUT2D eigenvalue weighted by Crippen LogP contribution is 2.15. The normalized spacial score (nSPS) is 15.0. The Morgan fingerprint density at radius 3 is 2.70 bits per heavy atom. The lowest BCUT2D eigenvalue weighted by Crippen LogP contribution is -2.37. The zero-order chi connectivity index (χ0) is 15.8. The van der Waals surface area contributed by atoms with Crippen LogP contribution in [0.5, 0.6) is 0 Å². The Labute approximate surface area is 154 Å². The van der Waals surface area contributed by atoms with Gasteiger partial charge in [0.15, 0.2) is 5.96 Å². The Kier molecular flexibility index (Phi) is 8.93. The van der Waals surface area contributed by atoms with E-state index in [-0.39, 0.29) is 42.4 Å². The van der Waals surface area contributed by atoms with Crippen molar-refractivity contribution in [3.05, 3.63) is 29.8 Å². The maximum atomic E-state index is 12.0. The maximum absolute atomic E-state index is 12.0. The smallest absolute Gasteiger partial charge is 0.244 e. The number of carbonyl (C=O) groups is 1. The molecule has 7 heteroatoms. The van der Waals surface area contributed by atoms with Crippen molar-refractivity contribution in [2.75, 3.05) is 32.1 Å². The first kappa shape index (κ1) is 19.7. The number of hydrogen-bond donors (Lipinski definition) is 2. The summed E-state index contributed by atoms with van der Waals surface area (Å²) in [4.78, 5) is 18.0. The third-order valence-electron chi connectivity index (χ3n) is 3.67. The van der Waals surface area contributed by atoms with Crippen molar-refractivity contribution in [1.82, 2.24) is 4.90 Å². The number of nitrogens with one attached hydrogen (secondary N) is 1. The number of rotatable bonds is 5. The molecule has 0 saturated carbocycles. The van der Waals surface area contributed by atoms with Gasteiger partial charge in [0.25, 0.3) is 0 Å². The number of carbonyl (C=O) groups excluding carboxylic acids is 1. The Morgan fingerprint density at radius 1 is 1.30 bits per heavy atom. The Morgan fingerprint density at radius 2 is 2.00 bits per heavy atom. The lowest BCUT2D eigenvalue weighted by atomic mass is 10.1. The summed E-state index contributed by atoms with van der Waals surface area (Å²) in [5, 5.41) is 3.03. The maximum Gasteiger partial charge on any atom is 0.244 e. The van der Waals surface area contributed by atoms with Gasteiger partial charge in [-0.3, -0.25) is 4.79 Å². The van der Waals surface area contributed by atoms with E-state index in [0.29, 0.717) is 6.61 Å². The molecule has 0 radical (unpaired) electrons. The fourth-order valence-electron chi connectivity index (χ4n) is 2.50. The Bertz CT molecular complexity index is 531. The van der Waals surface area contributed by atoms with E-state index < -0.39 is 0 Å². The summed E-state index contributed by atoms with van der Waals surface area (Å²) in [5.41, 5.74) is 7.71. The minimum atomic E-state index is 0. The molecule has 0 bridgehead atoms. The molecule has 1 saturated heterocycles. The van der Waals surface area contributed by atoms with Crippen LogP contribution in [0.15, 0.2) is 29.3 Å². The van der Waals surface area contributed by atoms with E-state index in [0.717, 1.165) is 37.2 Å². The summed E-state index contributed by atoms with van der Waals surface area (Å²) in [5.74, 6) is 0.281. The summed E-state index contributed by atoms with van der Waals surface area (Å²) in [6.07, 6.45) is 3.36. The van der Waals surface area contributed by atoms with Crippen LogP contribution in [0.25, 0.3) is 0 Å². The van der Waals surface area contributed by atoms with Crippen molar-refractivity contribution in [3.63, 3.8) is 0 Å². The van der Waals surface area contributed by atoms with Crippen LogP contribution in [0.3, 0.4) is 0 Å². The highest BCUT2D eigenvalue weighted by molar-refractivity contribution is 14.0. The molecule has 0 unspecified atom stereocenters. The standard InChI is InChI=1S/C16H24N4O2.HI/c1-22-12-13-7-3-4-8-14(13)19-16(17)18-11-15(21)20-9-5-2-6-10-20;/h3-4,7-8H,2,5-6,9-12H2,1H3,(H3,17,18,19);1H. The fraction of sp³-hybridized carbons (Fsp3) is 0.500. The number of guanidine groups is 1. The first-order valence-electron chi connectivity index (χ1n) is 7.62. The highest BCUT2D eigenvalue weighted by Gasteiger charge is 2.15. The van der Waals surface area contributed by atoms with Crippen molar-refractivity contribution >= 4 is 41.5 Å². The first-order valence-corrected chi connectivity index (χ1v) is 7.62. The van der Waals surface area contributed by atoms with Crippen LogP contribution in [0.4, 0.5) is 5.69 Å². The van der Waals surface area contributed by atoms with Gasteiger partial charge in [0.1, 0.15) is 6.54 Å². The van der Waals surface area contributed by atoms with Crippen molar-refractivity contribution in [2.24, 2.45) is 10.7 Å². The third-order valence-corrected chi connectivity index (χ3v) is 3.67. The number of hydrogen-bond acceptors (Lipinski definition) is 3. The molecule has 1 aliphatic rings. The van der Waals surface area contributed by atoms with Crippen LogP contribution in [0, 0.1) is 0 Å². The number of aliphatic imine (C=N–C) groups is 1. The Hall–Kier alpha value is -1.35. The molecule has 23 heavy (non-hydrogen) atoms. The molecule has 2 rings (SSSR count). The van der Waals surface area contributed by atoms with Crippen molar-refractivity contribution < 1.29 is 9.53 Å². The zero-order valence-corrected chi connectivity index (χ0v) is 15.8. The van der Waals surface area contributed by atoms with Gasteiger partial charge >= 0.3 is 0 Å². The molecule has 128 valence electrons. The quantitative estimate of drug-likeness (QED) is 0.425. The van der Waals surface area contributed by atoms with Gasteiger partial charge in [-0.15, -0.1) is 24.0 Å². The van der Waals surface area contributed by atoms with E-state index in [1.54, 1.807) is 7.11 Å². The number of halogens is 1. The SMILES string of the molecule is COCc1ccccc1NC(N)=NCC(=O)N1CCCCC1.I. The van der Waals surface area contributed by atoms with Crippen LogP contribution >= 0.6 is 24.0 Å². The summed E-state index contributed by atoms with van der Waals surface area (Å²) >= 11 is 0. The molecule has 6 nitrogen and oxygen atoms in total. The van der Waals surface area contributed by atoms with Gasteiger partial charge in [-0.1, -0.05) is 18.2 Å². The number of nitrogens with zero attached hydrogens (tertiary/aromatic N) is 2. The lowest BCUT2D eigenvalue weighted by Gasteiger charge is -2.26. The second kappa shape index (κ2) is 10.4. The zero-order valence-electron chi connectivity index (χ0n) is 13.5. The van der Waals surface area contributed by atoms with Crippen LogP contribution in [0.1, 0.15) is 24.8 Å². The predicted octanol–water partition coefficient (Wildman–Crippen LogP) is 2.19. The number of likely N-dealkylation sites (tertiary alicyclic amines) is 1. The predicted molar refractivity (Wildman–Crippen MR) is 103 cm³/mol. The number of ether oxygens (including phenoxy) is 1. The number of benzene rings is 1. The average Bonchev–Trinajstić information content (AvgIpc) is 2.55. The molecule has 1 fully saturated rings. The van der Waals surface area contributed by atoms with Crippen LogP contribution in [0.2, 0.25) is 0 Å². The summed E-state index contributed by atoms with van der Waals surface area (Å²) in [7, 11) is 1.64. The van der Waals surface area contributed by atoms with Gasteiger partial charge in [-0.05, 0) is 25.3 Å². The minimum absolute atomic E-state index is 0. The molecule has 0 aliphatic carbocycles. The molecule has 1 heterocycles. The number of methoxy groups -OCH3 is 1. The van der Waals surface area contributed by atoms with Crippen molar-refractivity contribution in [1.29, 1.82) is 0 Å². The molecular weight excluding hydrogens is 407 g/mol. The molecule has 1 aliphatic heterocycles. The van der Waals surface area contributed by atoms with Gasteiger partial charge in [-0.25, -0.2) is 4.99 Å². The molecule has 1 aromatic rings. The number of amides is 1. The van der Waals surface area contributed by atoms with Gasteiger partial charge in [-0.2, -0.15) is 0 Å². The van der Waals surface area contributed by atoms with E-state index in [1.807, 2.05) is 29.2 Å². The van der Waals surface area contributed by atoms with Crippen molar-refractivity contribution in [2.45, 2.75) is 25.9 Å². The molecular formula is C16H25IN4O2. The van der Waals surface area contributed by atoms with Crippen LogP contribution < -0.4 is 11.1 Å². The number of anilines is 1. The lowest BCUT2D eigenvalue weighted by molar-refractivity contribution is -0.130. The van der Waals surface area contributed by atoms with E-state index in [1.165, 1.54) is 6.42 Å².